The van der Waals surface area contributed by atoms with Gasteiger partial charge < -0.3 is 25.5 Å². The van der Waals surface area contributed by atoms with Crippen molar-refractivity contribution in [2.45, 2.75) is 43.7 Å². The van der Waals surface area contributed by atoms with Crippen LogP contribution in [0.2, 0.25) is 0 Å². The van der Waals surface area contributed by atoms with Crippen molar-refractivity contribution in [3.63, 3.8) is 0 Å². The number of aromatic nitrogens is 2. The second-order valence-electron chi connectivity index (χ2n) is 10.4. The molecule has 1 saturated heterocycles. The highest BCUT2D eigenvalue weighted by Crippen LogP contribution is 2.56. The van der Waals surface area contributed by atoms with Crippen molar-refractivity contribution in [3.8, 4) is 0 Å². The largest absolute Gasteiger partial charge is 0.390 e. The maximum absolute atomic E-state index is 13.2. The molecule has 4 saturated carbocycles. The molecule has 8 heteroatoms. The molecule has 172 valence electrons. The molecule has 1 amide bonds. The molecule has 5 fully saturated rings. The maximum Gasteiger partial charge on any atom is 0.255 e. The summed E-state index contributed by atoms with van der Waals surface area (Å²) in [6, 6.07) is 2.30. The number of carbonyl (C=O) groups excluding carboxylic acids is 1. The van der Waals surface area contributed by atoms with E-state index in [0.29, 0.717) is 35.9 Å². The van der Waals surface area contributed by atoms with Gasteiger partial charge in [-0.05, 0) is 55.9 Å². The molecule has 4 aliphatic carbocycles. The number of hydrogen-bond donors (Lipinski definition) is 4. The smallest absolute Gasteiger partial charge is 0.255 e. The Labute approximate surface area is 188 Å². The molecule has 7 rings (SSSR count). The second-order valence-corrected chi connectivity index (χ2v) is 10.4. The van der Waals surface area contributed by atoms with Crippen LogP contribution in [0.4, 0.5) is 5.69 Å². The van der Waals surface area contributed by atoms with Gasteiger partial charge in [0.1, 0.15) is 5.65 Å². The van der Waals surface area contributed by atoms with Crippen LogP contribution in [0.3, 0.4) is 0 Å². The van der Waals surface area contributed by atoms with E-state index >= 15 is 0 Å². The number of nitrogens with one attached hydrogen (secondary N) is 3. The molecule has 2 aromatic rings. The summed E-state index contributed by atoms with van der Waals surface area (Å²) in [5, 5.41) is 18.8. The summed E-state index contributed by atoms with van der Waals surface area (Å²) < 4.78 is 5.40. The predicted molar refractivity (Wildman–Crippen MR) is 122 cm³/mol. The lowest BCUT2D eigenvalue weighted by atomic mass is 9.52. The minimum Gasteiger partial charge on any atom is -0.390 e. The number of H-pyrrole nitrogens is 1. The Hall–Kier alpha value is -2.16. The van der Waals surface area contributed by atoms with Crippen molar-refractivity contribution in [2.24, 2.45) is 17.8 Å². The summed E-state index contributed by atoms with van der Waals surface area (Å²) in [4.78, 5) is 23.2. The summed E-state index contributed by atoms with van der Waals surface area (Å²) in [5.41, 5.74) is 1.81. The highest BCUT2D eigenvalue weighted by atomic mass is 16.5. The van der Waals surface area contributed by atoms with E-state index in [1.807, 2.05) is 12.3 Å². The van der Waals surface area contributed by atoms with Gasteiger partial charge in [0.2, 0.25) is 0 Å². The van der Waals surface area contributed by atoms with Crippen LogP contribution in [0.15, 0.2) is 18.5 Å². The molecular weight excluding hydrogens is 406 g/mol. The molecule has 0 spiro atoms. The van der Waals surface area contributed by atoms with Crippen LogP contribution >= 0.6 is 0 Å². The number of pyridine rings is 1. The van der Waals surface area contributed by atoms with Crippen LogP contribution in [-0.4, -0.2) is 76.9 Å². The van der Waals surface area contributed by atoms with Gasteiger partial charge in [-0.15, -0.1) is 0 Å². The SMILES string of the molecule is O=C(NCCN1CCOCC1)c1cnc2[nH]ccc2c1N[C@H]1C2CC3CC1C[C@@](O)(C3)C2. The van der Waals surface area contributed by atoms with Gasteiger partial charge in [0, 0.05) is 50.0 Å². The number of nitrogens with zero attached hydrogens (tertiary/aromatic N) is 2. The third-order valence-corrected chi connectivity index (χ3v) is 8.20. The third-order valence-electron chi connectivity index (χ3n) is 8.20. The lowest BCUT2D eigenvalue weighted by Crippen LogP contribution is -2.59. The van der Waals surface area contributed by atoms with Crippen LogP contribution in [0, 0.1) is 17.8 Å². The first-order valence-electron chi connectivity index (χ1n) is 12.1. The number of carbonyl (C=O) groups is 1. The fourth-order valence-electron chi connectivity index (χ4n) is 6.97. The Morgan fingerprint density at radius 1 is 1.25 bits per heavy atom. The molecule has 8 nitrogen and oxygen atoms in total. The van der Waals surface area contributed by atoms with Crippen LogP contribution < -0.4 is 10.6 Å². The van der Waals surface area contributed by atoms with Crippen molar-refractivity contribution in [1.82, 2.24) is 20.2 Å². The number of morpholine rings is 1. The summed E-state index contributed by atoms with van der Waals surface area (Å²) in [5.74, 6) is 1.50. The van der Waals surface area contributed by atoms with Gasteiger partial charge in [-0.1, -0.05) is 0 Å². The van der Waals surface area contributed by atoms with E-state index in [9.17, 15) is 9.90 Å². The van der Waals surface area contributed by atoms with E-state index in [4.69, 9.17) is 4.74 Å². The highest BCUT2D eigenvalue weighted by Gasteiger charge is 2.54. The molecule has 4 N–H and O–H groups in total. The minimum atomic E-state index is -0.462. The molecule has 0 aromatic carbocycles. The number of aromatic amines is 1. The van der Waals surface area contributed by atoms with Crippen LogP contribution in [0.1, 0.15) is 42.5 Å². The number of anilines is 1. The Morgan fingerprint density at radius 2 is 2.03 bits per heavy atom. The first kappa shape index (κ1) is 20.4. The number of rotatable bonds is 6. The average Bonchev–Trinajstić information content (AvgIpc) is 3.25. The van der Waals surface area contributed by atoms with E-state index in [2.05, 4.69) is 25.5 Å². The van der Waals surface area contributed by atoms with E-state index in [0.717, 1.165) is 68.8 Å². The standard InChI is InChI=1S/C24H33N5O3/c30-23(26-3-4-29-5-7-32-8-6-29)19-14-27-22-18(1-2-25-22)21(19)28-20-16-9-15-10-17(20)13-24(31,11-15)12-16/h1-2,14-17,20,31H,3-13H2,(H,26,30)(H2,25,27,28)/t15?,16?,17?,20-,24+. The van der Waals surface area contributed by atoms with Crippen molar-refractivity contribution in [1.29, 1.82) is 0 Å². The molecule has 0 radical (unpaired) electrons. The fourth-order valence-corrected chi connectivity index (χ4v) is 6.97. The van der Waals surface area contributed by atoms with Crippen molar-refractivity contribution in [3.05, 3.63) is 24.0 Å². The zero-order chi connectivity index (χ0) is 21.7. The highest BCUT2D eigenvalue weighted by molar-refractivity contribution is 6.06. The Bertz CT molecular complexity index is 985. The lowest BCUT2D eigenvalue weighted by Gasteiger charge is -2.58. The number of hydrogen-bond acceptors (Lipinski definition) is 6. The van der Waals surface area contributed by atoms with E-state index in [-0.39, 0.29) is 5.91 Å². The summed E-state index contributed by atoms with van der Waals surface area (Å²) in [6.45, 7) is 4.78. The summed E-state index contributed by atoms with van der Waals surface area (Å²) in [7, 11) is 0. The Kier molecular flexibility index (Phi) is 5.12. The summed E-state index contributed by atoms with van der Waals surface area (Å²) >= 11 is 0. The predicted octanol–water partition coefficient (Wildman–Crippen LogP) is 1.98. The first-order chi connectivity index (χ1) is 15.6. The van der Waals surface area contributed by atoms with Gasteiger partial charge in [-0.2, -0.15) is 0 Å². The third kappa shape index (κ3) is 3.68. The molecule has 32 heavy (non-hydrogen) atoms. The minimum absolute atomic E-state index is 0.0844. The second kappa shape index (κ2) is 8.01. The normalized spacial score (nSPS) is 34.2. The van der Waals surface area contributed by atoms with Gasteiger partial charge in [-0.3, -0.25) is 9.69 Å². The summed E-state index contributed by atoms with van der Waals surface area (Å²) in [6.07, 6.45) is 8.65. The molecule has 2 atom stereocenters. The topological polar surface area (TPSA) is 103 Å². The van der Waals surface area contributed by atoms with Crippen molar-refractivity contribution < 1.29 is 14.6 Å². The van der Waals surface area contributed by atoms with E-state index < -0.39 is 5.60 Å². The molecule has 5 aliphatic rings. The Balaban J connectivity index is 1.21. The number of fused-ring (bicyclic) bond motifs is 1. The molecule has 2 aromatic heterocycles. The maximum atomic E-state index is 13.2. The van der Waals surface area contributed by atoms with Crippen molar-refractivity contribution >= 4 is 22.6 Å². The Morgan fingerprint density at radius 3 is 2.78 bits per heavy atom. The zero-order valence-corrected chi connectivity index (χ0v) is 18.5. The van der Waals surface area contributed by atoms with Crippen LogP contribution in [0.5, 0.6) is 0 Å². The van der Waals surface area contributed by atoms with Crippen LogP contribution in [-0.2, 0) is 4.74 Å². The van der Waals surface area contributed by atoms with Gasteiger partial charge in [0.05, 0.1) is 30.1 Å². The molecular formula is C24H33N5O3. The van der Waals surface area contributed by atoms with Gasteiger partial charge >= 0.3 is 0 Å². The van der Waals surface area contributed by atoms with Crippen LogP contribution in [0.25, 0.3) is 11.0 Å². The van der Waals surface area contributed by atoms with Crippen molar-refractivity contribution in [2.75, 3.05) is 44.7 Å². The van der Waals surface area contributed by atoms with E-state index in [1.54, 1.807) is 6.20 Å². The average molecular weight is 440 g/mol. The number of amides is 1. The lowest BCUT2D eigenvalue weighted by molar-refractivity contribution is -0.129. The number of aliphatic hydroxyl groups is 1. The quantitative estimate of drug-likeness (QED) is 0.549. The monoisotopic (exact) mass is 439 g/mol. The molecule has 1 aliphatic heterocycles. The fraction of sp³-hybridized carbons (Fsp3) is 0.667. The number of ether oxygens (including phenoxy) is 1. The first-order valence-corrected chi connectivity index (χ1v) is 12.1. The van der Waals surface area contributed by atoms with Gasteiger partial charge in [0.25, 0.3) is 5.91 Å². The van der Waals surface area contributed by atoms with Gasteiger partial charge in [-0.25, -0.2) is 4.98 Å². The molecule has 4 bridgehead atoms. The zero-order valence-electron chi connectivity index (χ0n) is 18.5. The molecule has 3 heterocycles. The molecule has 2 unspecified atom stereocenters. The van der Waals surface area contributed by atoms with Gasteiger partial charge in [0.15, 0.2) is 0 Å². The van der Waals surface area contributed by atoms with E-state index in [1.165, 1.54) is 12.8 Å².